The van der Waals surface area contributed by atoms with Gasteiger partial charge in [-0.15, -0.1) is 0 Å². The number of halogens is 2. The van der Waals surface area contributed by atoms with Crippen LogP contribution >= 0.6 is 23.2 Å². The second-order valence-electron chi connectivity index (χ2n) is 3.26. The molecular weight excluding hydrogens is 263 g/mol. The molecule has 0 atom stereocenters. The van der Waals surface area contributed by atoms with E-state index in [9.17, 15) is 9.59 Å². The zero-order valence-electron chi connectivity index (χ0n) is 9.29. The number of methoxy groups -OCH3 is 1. The Bertz CT molecular complexity index is 493. The molecule has 3 nitrogen and oxygen atoms in total. The highest BCUT2D eigenvalue weighted by Crippen LogP contribution is 2.29. The number of ketones is 1. The molecule has 0 aliphatic rings. The van der Waals surface area contributed by atoms with Gasteiger partial charge in [0.2, 0.25) is 0 Å². The van der Waals surface area contributed by atoms with Crippen LogP contribution in [0.5, 0.6) is 0 Å². The lowest BCUT2D eigenvalue weighted by molar-refractivity contribution is -0.112. The molecule has 0 fully saturated rings. The van der Waals surface area contributed by atoms with Gasteiger partial charge in [-0.1, -0.05) is 23.2 Å². The van der Waals surface area contributed by atoms with Crippen LogP contribution in [0, 0.1) is 0 Å². The molecule has 0 radical (unpaired) electrons. The monoisotopic (exact) mass is 272 g/mol. The third-order valence-corrected chi connectivity index (χ3v) is 2.75. The maximum atomic E-state index is 11.4. The first-order valence-corrected chi connectivity index (χ1v) is 5.48. The fourth-order valence-corrected chi connectivity index (χ4v) is 1.76. The van der Waals surface area contributed by atoms with E-state index < -0.39 is 5.97 Å². The molecule has 0 spiro atoms. The summed E-state index contributed by atoms with van der Waals surface area (Å²) in [6.07, 6.45) is 2.80. The summed E-state index contributed by atoms with van der Waals surface area (Å²) in [5.41, 5.74) is 0.633. The Morgan fingerprint density at radius 2 is 1.94 bits per heavy atom. The quantitative estimate of drug-likeness (QED) is 0.626. The van der Waals surface area contributed by atoms with Gasteiger partial charge in [0.15, 0.2) is 5.78 Å². The third kappa shape index (κ3) is 3.32. The number of carbonyl (C=O) groups excluding carboxylic acids is 2. The van der Waals surface area contributed by atoms with Gasteiger partial charge in [0.1, 0.15) is 0 Å². The highest BCUT2D eigenvalue weighted by molar-refractivity contribution is 6.39. The molecule has 0 aromatic heterocycles. The van der Waals surface area contributed by atoms with Crippen molar-refractivity contribution in [3.05, 3.63) is 39.4 Å². The molecule has 1 rings (SSSR count). The van der Waals surface area contributed by atoms with Crippen molar-refractivity contribution in [1.82, 2.24) is 0 Å². The van der Waals surface area contributed by atoms with Crippen molar-refractivity contribution in [1.29, 1.82) is 0 Å². The van der Waals surface area contributed by atoms with Crippen LogP contribution in [0.15, 0.2) is 18.2 Å². The van der Waals surface area contributed by atoms with Gasteiger partial charge in [-0.05, 0) is 31.2 Å². The molecule has 0 saturated carbocycles. The lowest BCUT2D eigenvalue weighted by atomic mass is 10.1. The molecule has 0 N–H and O–H groups in total. The number of carbonyl (C=O) groups is 2. The number of esters is 1. The van der Waals surface area contributed by atoms with Gasteiger partial charge in [0.05, 0.1) is 17.7 Å². The van der Waals surface area contributed by atoms with Crippen LogP contribution < -0.4 is 0 Å². The van der Waals surface area contributed by atoms with Crippen molar-refractivity contribution >= 4 is 41.0 Å². The van der Waals surface area contributed by atoms with E-state index in [0.29, 0.717) is 10.6 Å². The predicted octanol–water partition coefficient (Wildman–Crippen LogP) is 3.38. The summed E-state index contributed by atoms with van der Waals surface area (Å²) in [6.45, 7) is 1.41. The van der Waals surface area contributed by atoms with Crippen molar-refractivity contribution in [2.24, 2.45) is 0 Å². The van der Waals surface area contributed by atoms with Crippen LogP contribution in [0.1, 0.15) is 22.8 Å². The first-order valence-electron chi connectivity index (χ1n) is 4.72. The molecule has 0 saturated heterocycles. The maximum Gasteiger partial charge on any atom is 0.339 e. The molecule has 0 heterocycles. The van der Waals surface area contributed by atoms with Crippen LogP contribution in [0.3, 0.4) is 0 Å². The van der Waals surface area contributed by atoms with Crippen molar-refractivity contribution in [3.8, 4) is 0 Å². The van der Waals surface area contributed by atoms with Crippen LogP contribution in [0.25, 0.3) is 6.08 Å². The second-order valence-corrected chi connectivity index (χ2v) is 4.04. The van der Waals surface area contributed by atoms with Crippen LogP contribution in [0.2, 0.25) is 10.0 Å². The Hall–Kier alpha value is -1.32. The van der Waals surface area contributed by atoms with Gasteiger partial charge in [-0.25, -0.2) is 4.79 Å². The van der Waals surface area contributed by atoms with Gasteiger partial charge in [-0.2, -0.15) is 0 Å². The first kappa shape index (κ1) is 13.7. The minimum Gasteiger partial charge on any atom is -0.465 e. The van der Waals surface area contributed by atoms with E-state index in [2.05, 4.69) is 4.74 Å². The first-order chi connectivity index (χ1) is 7.97. The zero-order valence-corrected chi connectivity index (χ0v) is 10.8. The van der Waals surface area contributed by atoms with Gasteiger partial charge in [0, 0.05) is 10.6 Å². The van der Waals surface area contributed by atoms with Crippen LogP contribution in [-0.4, -0.2) is 18.9 Å². The fraction of sp³-hybridized carbons (Fsp3) is 0.167. The Labute approximate surface area is 109 Å². The average molecular weight is 273 g/mol. The molecule has 17 heavy (non-hydrogen) atoms. The van der Waals surface area contributed by atoms with Crippen molar-refractivity contribution in [3.63, 3.8) is 0 Å². The van der Waals surface area contributed by atoms with E-state index in [4.69, 9.17) is 23.2 Å². The lowest BCUT2D eigenvalue weighted by Gasteiger charge is -2.06. The Morgan fingerprint density at radius 3 is 2.47 bits per heavy atom. The third-order valence-electron chi connectivity index (χ3n) is 2.02. The van der Waals surface area contributed by atoms with E-state index in [1.54, 1.807) is 0 Å². The minimum absolute atomic E-state index is 0.138. The second kappa shape index (κ2) is 5.84. The molecule has 1 aromatic carbocycles. The predicted molar refractivity (Wildman–Crippen MR) is 67.5 cm³/mol. The number of benzene rings is 1. The minimum atomic E-state index is -0.552. The number of hydrogen-bond donors (Lipinski definition) is 0. The van der Waals surface area contributed by atoms with Gasteiger partial charge in [-0.3, -0.25) is 4.79 Å². The molecule has 5 heteroatoms. The Morgan fingerprint density at radius 1 is 1.29 bits per heavy atom. The van der Waals surface area contributed by atoms with Crippen molar-refractivity contribution in [2.75, 3.05) is 7.11 Å². The fourth-order valence-electron chi connectivity index (χ4n) is 1.19. The molecule has 90 valence electrons. The van der Waals surface area contributed by atoms with Gasteiger partial charge in [0.25, 0.3) is 0 Å². The highest BCUT2D eigenvalue weighted by atomic mass is 35.5. The maximum absolute atomic E-state index is 11.4. The Balaban J connectivity index is 3.29. The molecule has 0 bridgehead atoms. The topological polar surface area (TPSA) is 43.4 Å². The number of hydrogen-bond acceptors (Lipinski definition) is 3. The van der Waals surface area contributed by atoms with Gasteiger partial charge < -0.3 is 4.74 Å². The molecule has 1 aromatic rings. The number of rotatable bonds is 3. The molecule has 0 unspecified atom stereocenters. The smallest absolute Gasteiger partial charge is 0.339 e. The average Bonchev–Trinajstić information content (AvgIpc) is 2.27. The molecular formula is C12H10Cl2O3. The number of ether oxygens (including phenoxy) is 1. The van der Waals surface area contributed by atoms with E-state index >= 15 is 0 Å². The SMILES string of the molecule is COC(=O)c1ccc(Cl)c(C=CC(C)=O)c1Cl. The van der Waals surface area contributed by atoms with E-state index in [-0.39, 0.29) is 16.4 Å². The van der Waals surface area contributed by atoms with E-state index in [0.717, 1.165) is 0 Å². The van der Waals surface area contributed by atoms with Crippen molar-refractivity contribution < 1.29 is 14.3 Å². The normalized spacial score (nSPS) is 10.6. The van der Waals surface area contributed by atoms with Crippen molar-refractivity contribution in [2.45, 2.75) is 6.92 Å². The molecule has 0 aliphatic carbocycles. The summed E-state index contributed by atoms with van der Waals surface area (Å²) < 4.78 is 4.58. The zero-order chi connectivity index (χ0) is 13.0. The summed E-state index contributed by atoms with van der Waals surface area (Å²) in [7, 11) is 1.26. The molecule has 0 amide bonds. The molecule has 0 aliphatic heterocycles. The van der Waals surface area contributed by atoms with Crippen LogP contribution in [-0.2, 0) is 9.53 Å². The van der Waals surface area contributed by atoms with Crippen LogP contribution in [0.4, 0.5) is 0 Å². The van der Waals surface area contributed by atoms with E-state index in [1.165, 1.54) is 38.3 Å². The lowest BCUT2D eigenvalue weighted by Crippen LogP contribution is -2.03. The summed E-state index contributed by atoms with van der Waals surface area (Å²) in [5, 5.41) is 0.530. The highest BCUT2D eigenvalue weighted by Gasteiger charge is 2.15. The Kier molecular flexibility index (Phi) is 4.73. The van der Waals surface area contributed by atoms with E-state index in [1.807, 2.05) is 0 Å². The summed E-state index contributed by atoms with van der Waals surface area (Å²) in [5.74, 6) is -0.690. The summed E-state index contributed by atoms with van der Waals surface area (Å²) in [6, 6.07) is 3.00. The van der Waals surface area contributed by atoms with Gasteiger partial charge >= 0.3 is 5.97 Å². The largest absolute Gasteiger partial charge is 0.465 e. The summed E-state index contributed by atoms with van der Waals surface area (Å²) >= 11 is 12.0. The number of allylic oxidation sites excluding steroid dienone is 1. The summed E-state index contributed by atoms with van der Waals surface area (Å²) in [4.78, 5) is 22.2. The standard InChI is InChI=1S/C12H10Cl2O3/c1-7(15)3-4-8-10(13)6-5-9(11(8)14)12(16)17-2/h3-6H,1-2H3.